The number of aromatic hydroxyl groups is 1. The Morgan fingerprint density at radius 2 is 2.07 bits per heavy atom. The van der Waals surface area contributed by atoms with Gasteiger partial charge < -0.3 is 20.5 Å². The molecule has 2 unspecified atom stereocenters. The van der Waals surface area contributed by atoms with Crippen LogP contribution in [0.3, 0.4) is 0 Å². The molecule has 4 rings (SSSR count). The SMILES string of the molecule is CCOc1cc(C2NC(=O)c3c(sc4c3CCC(C(C)(C)C)C4)N2)cc(Cl)c1O. The number of fused-ring (bicyclic) bond motifs is 3. The average Bonchev–Trinajstić information content (AvgIpc) is 3.02. The van der Waals surface area contributed by atoms with E-state index < -0.39 is 6.17 Å². The first kappa shape index (κ1) is 20.4. The molecular formula is C22H27ClN2O3S. The number of phenols is 1. The molecule has 1 aromatic carbocycles. The molecule has 1 aliphatic heterocycles. The number of amides is 1. The Morgan fingerprint density at radius 3 is 2.76 bits per heavy atom. The highest BCUT2D eigenvalue weighted by atomic mass is 35.5. The first-order chi connectivity index (χ1) is 13.7. The maximum Gasteiger partial charge on any atom is 0.256 e. The summed E-state index contributed by atoms with van der Waals surface area (Å²) in [5.74, 6) is 0.798. The van der Waals surface area contributed by atoms with Gasteiger partial charge in [0.25, 0.3) is 5.91 Å². The van der Waals surface area contributed by atoms with Gasteiger partial charge in [-0.1, -0.05) is 32.4 Å². The van der Waals surface area contributed by atoms with Gasteiger partial charge in [-0.2, -0.15) is 0 Å². The lowest BCUT2D eigenvalue weighted by atomic mass is 9.72. The molecule has 29 heavy (non-hydrogen) atoms. The van der Waals surface area contributed by atoms with Crippen molar-refractivity contribution in [3.8, 4) is 11.5 Å². The Balaban J connectivity index is 1.65. The fourth-order valence-electron chi connectivity index (χ4n) is 4.23. The van der Waals surface area contributed by atoms with E-state index in [0.717, 1.165) is 35.4 Å². The first-order valence-corrected chi connectivity index (χ1v) is 11.3. The van der Waals surface area contributed by atoms with Crippen molar-refractivity contribution < 1.29 is 14.6 Å². The van der Waals surface area contributed by atoms with Crippen molar-refractivity contribution in [2.24, 2.45) is 11.3 Å². The van der Waals surface area contributed by atoms with E-state index in [0.29, 0.717) is 18.3 Å². The monoisotopic (exact) mass is 434 g/mol. The predicted octanol–water partition coefficient (Wildman–Crippen LogP) is 5.51. The summed E-state index contributed by atoms with van der Waals surface area (Å²) >= 11 is 7.88. The lowest BCUT2D eigenvalue weighted by Gasteiger charge is -2.34. The second kappa shape index (κ2) is 7.40. The molecule has 1 aliphatic carbocycles. The Kier molecular flexibility index (Phi) is 5.20. The van der Waals surface area contributed by atoms with E-state index in [-0.39, 0.29) is 22.1 Å². The molecule has 2 aliphatic rings. The largest absolute Gasteiger partial charge is 0.503 e. The Bertz CT molecular complexity index is 964. The summed E-state index contributed by atoms with van der Waals surface area (Å²) in [6.07, 6.45) is 2.66. The van der Waals surface area contributed by atoms with E-state index in [1.807, 2.05) is 6.92 Å². The number of carbonyl (C=O) groups is 1. The van der Waals surface area contributed by atoms with Gasteiger partial charge >= 0.3 is 0 Å². The number of hydrogen-bond acceptors (Lipinski definition) is 5. The molecule has 0 saturated heterocycles. The molecular weight excluding hydrogens is 408 g/mol. The van der Waals surface area contributed by atoms with Crippen molar-refractivity contribution in [1.82, 2.24) is 5.32 Å². The molecule has 2 aromatic rings. The summed E-state index contributed by atoms with van der Waals surface area (Å²) in [7, 11) is 0. The summed E-state index contributed by atoms with van der Waals surface area (Å²) in [6.45, 7) is 9.13. The molecule has 2 heterocycles. The minimum atomic E-state index is -0.425. The molecule has 3 N–H and O–H groups in total. The zero-order valence-corrected chi connectivity index (χ0v) is 18.8. The van der Waals surface area contributed by atoms with Crippen molar-refractivity contribution in [1.29, 1.82) is 0 Å². The summed E-state index contributed by atoms with van der Waals surface area (Å²) in [5, 5.41) is 17.7. The number of thiophene rings is 1. The summed E-state index contributed by atoms with van der Waals surface area (Å²) in [6, 6.07) is 3.38. The van der Waals surface area contributed by atoms with Crippen LogP contribution in [0.15, 0.2) is 12.1 Å². The minimum Gasteiger partial charge on any atom is -0.503 e. The van der Waals surface area contributed by atoms with Gasteiger partial charge in [-0.15, -0.1) is 11.3 Å². The maximum atomic E-state index is 13.0. The summed E-state index contributed by atoms with van der Waals surface area (Å²) in [4.78, 5) is 14.3. The quantitative estimate of drug-likeness (QED) is 0.595. The number of carbonyl (C=O) groups excluding carboxylic acids is 1. The number of rotatable bonds is 3. The second-order valence-corrected chi connectivity index (χ2v) is 10.4. The van der Waals surface area contributed by atoms with Crippen LogP contribution < -0.4 is 15.4 Å². The second-order valence-electron chi connectivity index (χ2n) is 8.85. The molecule has 0 spiro atoms. The van der Waals surface area contributed by atoms with Crippen molar-refractivity contribution in [2.75, 3.05) is 11.9 Å². The maximum absolute atomic E-state index is 13.0. The molecule has 0 fully saturated rings. The average molecular weight is 435 g/mol. The highest BCUT2D eigenvalue weighted by Crippen LogP contribution is 2.46. The van der Waals surface area contributed by atoms with E-state index in [1.165, 1.54) is 10.4 Å². The van der Waals surface area contributed by atoms with E-state index in [9.17, 15) is 9.90 Å². The van der Waals surface area contributed by atoms with E-state index in [2.05, 4.69) is 31.4 Å². The fourth-order valence-corrected chi connectivity index (χ4v) is 5.80. The van der Waals surface area contributed by atoms with Crippen LogP contribution in [-0.2, 0) is 12.8 Å². The topological polar surface area (TPSA) is 70.6 Å². The van der Waals surface area contributed by atoms with E-state index in [4.69, 9.17) is 16.3 Å². The standard InChI is InChI=1S/C22H27ClN2O3S/c1-5-28-15-9-11(8-14(23)18(15)26)19-24-20(27)17-13-7-6-12(22(2,3)4)10-16(13)29-21(17)25-19/h8-9,12,19,25-26H,5-7,10H2,1-4H3,(H,24,27). The van der Waals surface area contributed by atoms with Crippen LogP contribution in [0, 0.1) is 11.3 Å². The van der Waals surface area contributed by atoms with Crippen LogP contribution in [0.1, 0.15) is 66.6 Å². The number of phenolic OH excluding ortho intramolecular Hbond substituents is 1. The van der Waals surface area contributed by atoms with Crippen molar-refractivity contribution in [2.45, 2.75) is 53.1 Å². The van der Waals surface area contributed by atoms with E-state index in [1.54, 1.807) is 23.5 Å². The molecule has 5 nitrogen and oxygen atoms in total. The van der Waals surface area contributed by atoms with Gasteiger partial charge in [-0.3, -0.25) is 4.79 Å². The van der Waals surface area contributed by atoms with Crippen LogP contribution in [-0.4, -0.2) is 17.6 Å². The molecule has 7 heteroatoms. The lowest BCUT2D eigenvalue weighted by molar-refractivity contribution is 0.0934. The number of benzene rings is 1. The minimum absolute atomic E-state index is 0.0578. The van der Waals surface area contributed by atoms with Crippen molar-refractivity contribution in [3.63, 3.8) is 0 Å². The van der Waals surface area contributed by atoms with Gasteiger partial charge in [-0.25, -0.2) is 0 Å². The number of halogens is 1. The number of nitrogens with one attached hydrogen (secondary N) is 2. The lowest BCUT2D eigenvalue weighted by Crippen LogP contribution is -2.38. The Hall–Kier alpha value is -1.92. The van der Waals surface area contributed by atoms with Gasteiger partial charge in [0.1, 0.15) is 11.2 Å². The smallest absolute Gasteiger partial charge is 0.256 e. The molecule has 0 bridgehead atoms. The molecule has 1 aromatic heterocycles. The van der Waals surface area contributed by atoms with Crippen molar-refractivity contribution >= 4 is 33.8 Å². The van der Waals surface area contributed by atoms with Crippen molar-refractivity contribution in [3.05, 3.63) is 38.7 Å². The van der Waals surface area contributed by atoms with Gasteiger partial charge in [0.05, 0.1) is 17.2 Å². The molecule has 1 amide bonds. The van der Waals surface area contributed by atoms with Gasteiger partial charge in [0, 0.05) is 4.88 Å². The Morgan fingerprint density at radius 1 is 1.31 bits per heavy atom. The normalized spacial score (nSPS) is 21.1. The molecule has 2 atom stereocenters. The highest BCUT2D eigenvalue weighted by Gasteiger charge is 2.36. The third-order valence-electron chi connectivity index (χ3n) is 5.95. The number of ether oxygens (including phenoxy) is 1. The van der Waals surface area contributed by atoms with Gasteiger partial charge in [-0.05, 0) is 60.8 Å². The third-order valence-corrected chi connectivity index (χ3v) is 7.43. The zero-order chi connectivity index (χ0) is 20.9. The number of hydrogen-bond donors (Lipinski definition) is 3. The highest BCUT2D eigenvalue weighted by molar-refractivity contribution is 7.16. The Labute approximate surface area is 180 Å². The summed E-state index contributed by atoms with van der Waals surface area (Å²) < 4.78 is 5.48. The molecule has 0 saturated carbocycles. The first-order valence-electron chi connectivity index (χ1n) is 10.1. The third kappa shape index (κ3) is 3.68. The molecule has 156 valence electrons. The zero-order valence-electron chi connectivity index (χ0n) is 17.2. The van der Waals surface area contributed by atoms with Gasteiger partial charge in [0.2, 0.25) is 0 Å². The summed E-state index contributed by atoms with van der Waals surface area (Å²) in [5.41, 5.74) is 3.00. The molecule has 0 radical (unpaired) electrons. The van der Waals surface area contributed by atoms with Crippen LogP contribution in [0.4, 0.5) is 5.00 Å². The predicted molar refractivity (Wildman–Crippen MR) is 117 cm³/mol. The van der Waals surface area contributed by atoms with Crippen LogP contribution >= 0.6 is 22.9 Å². The van der Waals surface area contributed by atoms with Gasteiger partial charge in [0.15, 0.2) is 11.5 Å². The van der Waals surface area contributed by atoms with Crippen LogP contribution in [0.5, 0.6) is 11.5 Å². The van der Waals surface area contributed by atoms with E-state index >= 15 is 0 Å². The fraction of sp³-hybridized carbons (Fsp3) is 0.500. The number of anilines is 1. The van der Waals surface area contributed by atoms with Crippen LogP contribution in [0.25, 0.3) is 0 Å². The van der Waals surface area contributed by atoms with Crippen LogP contribution in [0.2, 0.25) is 5.02 Å².